The molecular formula is C13H24ClN3O. The highest BCUT2D eigenvalue weighted by Crippen LogP contribution is 2.27. The van der Waals surface area contributed by atoms with Gasteiger partial charge in [-0.15, -0.1) is 0 Å². The number of likely N-dealkylation sites (N-methyl/N-ethyl adjacent to an activating group) is 1. The van der Waals surface area contributed by atoms with Gasteiger partial charge in [-0.25, -0.2) is 0 Å². The van der Waals surface area contributed by atoms with Gasteiger partial charge >= 0.3 is 0 Å². The van der Waals surface area contributed by atoms with Gasteiger partial charge in [0.15, 0.2) is 0 Å². The van der Waals surface area contributed by atoms with Crippen molar-refractivity contribution in [1.29, 1.82) is 0 Å². The van der Waals surface area contributed by atoms with Crippen molar-refractivity contribution in [2.45, 2.75) is 45.3 Å². The molecule has 2 atom stereocenters. The van der Waals surface area contributed by atoms with Gasteiger partial charge in [0.1, 0.15) is 5.15 Å². The van der Waals surface area contributed by atoms with Crippen LogP contribution in [0.3, 0.4) is 0 Å². The molecular weight excluding hydrogens is 250 g/mol. The summed E-state index contributed by atoms with van der Waals surface area (Å²) in [7, 11) is 5.80. The van der Waals surface area contributed by atoms with Crippen LogP contribution in [0.25, 0.3) is 0 Å². The van der Waals surface area contributed by atoms with Crippen molar-refractivity contribution < 1.29 is 5.11 Å². The lowest BCUT2D eigenvalue weighted by molar-refractivity contribution is 0.00293. The topological polar surface area (TPSA) is 41.3 Å². The number of aryl methyl sites for hydroxylation is 2. The Balaban J connectivity index is 2.97. The molecule has 0 aliphatic heterocycles. The number of nitrogens with zero attached hydrogens (tertiary/aromatic N) is 3. The van der Waals surface area contributed by atoms with E-state index in [4.69, 9.17) is 11.6 Å². The van der Waals surface area contributed by atoms with Crippen LogP contribution in [0.1, 0.15) is 31.5 Å². The van der Waals surface area contributed by atoms with E-state index in [1.807, 2.05) is 28.1 Å². The fraction of sp³-hybridized carbons (Fsp3) is 0.769. The van der Waals surface area contributed by atoms with Crippen molar-refractivity contribution in [3.05, 3.63) is 16.4 Å². The number of aliphatic hydroxyl groups excluding tert-OH is 1. The SMILES string of the molecule is CCC(C)(C(O)Cc1c(C)nn(C)c1Cl)N(C)C. The summed E-state index contributed by atoms with van der Waals surface area (Å²) in [6, 6.07) is 0. The van der Waals surface area contributed by atoms with E-state index in [0.29, 0.717) is 11.6 Å². The van der Waals surface area contributed by atoms with Crippen LogP contribution in [0.5, 0.6) is 0 Å². The average molecular weight is 274 g/mol. The highest BCUT2D eigenvalue weighted by molar-refractivity contribution is 6.30. The second-order valence-electron chi connectivity index (χ2n) is 5.30. The van der Waals surface area contributed by atoms with Crippen LogP contribution in [0, 0.1) is 6.92 Å². The van der Waals surface area contributed by atoms with Crippen LogP contribution in [0.15, 0.2) is 0 Å². The molecule has 0 fully saturated rings. The molecule has 1 aromatic heterocycles. The van der Waals surface area contributed by atoms with Crippen molar-refractivity contribution >= 4 is 11.6 Å². The second-order valence-corrected chi connectivity index (χ2v) is 5.66. The molecule has 5 heteroatoms. The molecule has 104 valence electrons. The zero-order valence-corrected chi connectivity index (χ0v) is 12.9. The molecule has 1 heterocycles. The second kappa shape index (κ2) is 5.59. The summed E-state index contributed by atoms with van der Waals surface area (Å²) in [5.41, 5.74) is 1.57. The molecule has 0 aliphatic rings. The molecule has 2 unspecified atom stereocenters. The molecule has 0 spiro atoms. The third kappa shape index (κ3) is 2.71. The molecule has 4 nitrogen and oxygen atoms in total. The first-order valence-corrected chi connectivity index (χ1v) is 6.65. The summed E-state index contributed by atoms with van der Waals surface area (Å²) in [4.78, 5) is 2.07. The van der Waals surface area contributed by atoms with Crippen LogP contribution < -0.4 is 0 Å². The lowest BCUT2D eigenvalue weighted by Crippen LogP contribution is -2.51. The maximum atomic E-state index is 10.5. The Morgan fingerprint density at radius 3 is 2.39 bits per heavy atom. The predicted molar refractivity (Wildman–Crippen MR) is 75.0 cm³/mol. The van der Waals surface area contributed by atoms with Crippen LogP contribution >= 0.6 is 11.6 Å². The lowest BCUT2D eigenvalue weighted by Gasteiger charge is -2.40. The zero-order chi connectivity index (χ0) is 14.1. The van der Waals surface area contributed by atoms with Crippen LogP contribution in [0.2, 0.25) is 5.15 Å². The van der Waals surface area contributed by atoms with Crippen LogP contribution in [-0.2, 0) is 13.5 Å². The smallest absolute Gasteiger partial charge is 0.130 e. The van der Waals surface area contributed by atoms with Gasteiger partial charge in [-0.3, -0.25) is 4.68 Å². The molecule has 1 N–H and O–H groups in total. The highest BCUT2D eigenvalue weighted by Gasteiger charge is 2.34. The largest absolute Gasteiger partial charge is 0.391 e. The fourth-order valence-electron chi connectivity index (χ4n) is 2.17. The van der Waals surface area contributed by atoms with Crippen molar-refractivity contribution in [2.75, 3.05) is 14.1 Å². The van der Waals surface area contributed by atoms with E-state index >= 15 is 0 Å². The minimum atomic E-state index is -0.474. The van der Waals surface area contributed by atoms with Gasteiger partial charge in [0, 0.05) is 24.6 Å². The first-order valence-electron chi connectivity index (χ1n) is 6.27. The Morgan fingerprint density at radius 1 is 1.50 bits per heavy atom. The maximum absolute atomic E-state index is 10.5. The third-order valence-electron chi connectivity index (χ3n) is 4.12. The van der Waals surface area contributed by atoms with Gasteiger partial charge in [0.05, 0.1) is 11.8 Å². The van der Waals surface area contributed by atoms with Gasteiger partial charge in [0.2, 0.25) is 0 Å². The summed E-state index contributed by atoms with van der Waals surface area (Å²) >= 11 is 6.21. The van der Waals surface area contributed by atoms with Crippen molar-refractivity contribution in [3.63, 3.8) is 0 Å². The number of hydrogen-bond acceptors (Lipinski definition) is 3. The van der Waals surface area contributed by atoms with E-state index in [2.05, 4.69) is 23.8 Å². The van der Waals surface area contributed by atoms with E-state index in [9.17, 15) is 5.11 Å². The van der Waals surface area contributed by atoms with Gasteiger partial charge < -0.3 is 10.0 Å². The Kier molecular flexibility index (Phi) is 4.81. The van der Waals surface area contributed by atoms with Gasteiger partial charge in [0.25, 0.3) is 0 Å². The minimum Gasteiger partial charge on any atom is -0.391 e. The third-order valence-corrected chi connectivity index (χ3v) is 4.60. The lowest BCUT2D eigenvalue weighted by atomic mass is 9.86. The van der Waals surface area contributed by atoms with E-state index in [-0.39, 0.29) is 5.54 Å². The Morgan fingerprint density at radius 2 is 2.06 bits per heavy atom. The summed E-state index contributed by atoms with van der Waals surface area (Å²) in [5, 5.41) is 15.4. The Hall–Kier alpha value is -0.580. The van der Waals surface area contributed by atoms with Crippen LogP contribution in [0.4, 0.5) is 0 Å². The molecule has 0 bridgehead atoms. The van der Waals surface area contributed by atoms with E-state index in [1.54, 1.807) is 4.68 Å². The van der Waals surface area contributed by atoms with Gasteiger partial charge in [-0.2, -0.15) is 5.10 Å². The standard InChI is InChI=1S/C13H24ClN3O/c1-7-13(3,16(4)5)11(18)8-10-9(2)15-17(6)12(10)14/h11,18H,7-8H2,1-6H3. The van der Waals surface area contributed by atoms with Gasteiger partial charge in [-0.1, -0.05) is 18.5 Å². The highest BCUT2D eigenvalue weighted by atomic mass is 35.5. The Bertz CT molecular complexity index is 417. The van der Waals surface area contributed by atoms with Gasteiger partial charge in [-0.05, 0) is 34.4 Å². The molecule has 0 saturated heterocycles. The van der Waals surface area contributed by atoms with E-state index < -0.39 is 6.10 Å². The normalized spacial score (nSPS) is 16.9. The molecule has 1 aromatic rings. The average Bonchev–Trinajstić information content (AvgIpc) is 2.54. The fourth-order valence-corrected chi connectivity index (χ4v) is 2.42. The summed E-state index contributed by atoms with van der Waals surface area (Å²) < 4.78 is 1.65. The molecule has 0 radical (unpaired) electrons. The molecule has 0 saturated carbocycles. The molecule has 18 heavy (non-hydrogen) atoms. The number of halogens is 1. The minimum absolute atomic E-state index is 0.258. The maximum Gasteiger partial charge on any atom is 0.130 e. The molecule has 0 aliphatic carbocycles. The summed E-state index contributed by atoms with van der Waals surface area (Å²) in [5.74, 6) is 0. The molecule has 1 rings (SSSR count). The van der Waals surface area contributed by atoms with E-state index in [0.717, 1.165) is 17.7 Å². The number of hydrogen-bond donors (Lipinski definition) is 1. The van der Waals surface area contributed by atoms with Crippen molar-refractivity contribution in [2.24, 2.45) is 7.05 Å². The first-order chi connectivity index (χ1) is 8.24. The quantitative estimate of drug-likeness (QED) is 0.892. The number of rotatable bonds is 5. The summed E-state index contributed by atoms with van der Waals surface area (Å²) in [6.07, 6.45) is 0.928. The molecule has 0 amide bonds. The first kappa shape index (κ1) is 15.5. The zero-order valence-electron chi connectivity index (χ0n) is 12.2. The van der Waals surface area contributed by atoms with Crippen molar-refractivity contribution in [1.82, 2.24) is 14.7 Å². The number of aromatic nitrogens is 2. The monoisotopic (exact) mass is 273 g/mol. The van der Waals surface area contributed by atoms with Crippen LogP contribution in [-0.4, -0.2) is 45.5 Å². The van der Waals surface area contributed by atoms with Crippen molar-refractivity contribution in [3.8, 4) is 0 Å². The molecule has 0 aromatic carbocycles. The Labute approximate surface area is 115 Å². The summed E-state index contributed by atoms with van der Waals surface area (Å²) in [6.45, 7) is 6.07. The number of aliphatic hydroxyl groups is 1. The predicted octanol–water partition coefficient (Wildman–Crippen LogP) is 2.02. The van der Waals surface area contributed by atoms with E-state index in [1.165, 1.54) is 0 Å².